The van der Waals surface area contributed by atoms with E-state index in [0.717, 1.165) is 19.6 Å². The van der Waals surface area contributed by atoms with Crippen LogP contribution in [0.4, 0.5) is 0 Å². The molecule has 2 heterocycles. The quantitative estimate of drug-likeness (QED) is 0.372. The van der Waals surface area contributed by atoms with E-state index >= 15 is 0 Å². The second-order valence-corrected chi connectivity index (χ2v) is 9.18. The molecule has 6 nitrogen and oxygen atoms in total. The van der Waals surface area contributed by atoms with Crippen LogP contribution in [0.2, 0.25) is 0 Å². The molecule has 26 heavy (non-hydrogen) atoms. The Balaban J connectivity index is 0.00000243. The SMILES string of the molecule is CN=C(NCC1CCCN1Cc1ccccc1)NC1CCS(=O)(=O)C1.I. The first-order valence-corrected chi connectivity index (χ1v) is 10.8. The number of guanidine groups is 1. The number of likely N-dealkylation sites (tertiary alicyclic amines) is 1. The maximum atomic E-state index is 11.6. The van der Waals surface area contributed by atoms with E-state index in [1.165, 1.54) is 18.4 Å². The fourth-order valence-electron chi connectivity index (χ4n) is 3.66. The molecule has 2 aliphatic heterocycles. The third kappa shape index (κ3) is 6.09. The first-order chi connectivity index (χ1) is 12.1. The Labute approximate surface area is 173 Å². The van der Waals surface area contributed by atoms with Crippen molar-refractivity contribution in [3.8, 4) is 0 Å². The first-order valence-electron chi connectivity index (χ1n) is 9.01. The van der Waals surface area contributed by atoms with E-state index in [-0.39, 0.29) is 41.5 Å². The van der Waals surface area contributed by atoms with Crippen LogP contribution in [0.1, 0.15) is 24.8 Å². The lowest BCUT2D eigenvalue weighted by molar-refractivity contribution is 0.245. The van der Waals surface area contributed by atoms with Crippen molar-refractivity contribution in [3.05, 3.63) is 35.9 Å². The van der Waals surface area contributed by atoms with Crippen LogP contribution in [-0.2, 0) is 16.4 Å². The highest BCUT2D eigenvalue weighted by molar-refractivity contribution is 14.0. The Morgan fingerprint density at radius 2 is 2.04 bits per heavy atom. The van der Waals surface area contributed by atoms with Gasteiger partial charge in [0.1, 0.15) is 0 Å². The summed E-state index contributed by atoms with van der Waals surface area (Å²) in [5, 5.41) is 6.63. The maximum Gasteiger partial charge on any atom is 0.191 e. The van der Waals surface area contributed by atoms with E-state index in [9.17, 15) is 8.42 Å². The van der Waals surface area contributed by atoms with Crippen LogP contribution in [0.25, 0.3) is 0 Å². The van der Waals surface area contributed by atoms with Crippen molar-refractivity contribution < 1.29 is 8.42 Å². The van der Waals surface area contributed by atoms with Gasteiger partial charge >= 0.3 is 0 Å². The molecule has 0 aliphatic carbocycles. The van der Waals surface area contributed by atoms with E-state index < -0.39 is 9.84 Å². The summed E-state index contributed by atoms with van der Waals surface area (Å²) in [6.07, 6.45) is 3.05. The number of nitrogens with zero attached hydrogens (tertiary/aromatic N) is 2. The zero-order chi connectivity index (χ0) is 17.7. The lowest BCUT2D eigenvalue weighted by Crippen LogP contribution is -2.48. The van der Waals surface area contributed by atoms with Gasteiger partial charge in [0.05, 0.1) is 11.5 Å². The van der Waals surface area contributed by atoms with E-state index in [0.29, 0.717) is 18.4 Å². The topological polar surface area (TPSA) is 73.8 Å². The van der Waals surface area contributed by atoms with Gasteiger partial charge in [-0.15, -0.1) is 24.0 Å². The number of hydrogen-bond acceptors (Lipinski definition) is 4. The van der Waals surface area contributed by atoms with E-state index in [1.807, 2.05) is 6.07 Å². The molecule has 2 fully saturated rings. The highest BCUT2D eigenvalue weighted by atomic mass is 127. The van der Waals surface area contributed by atoms with Crippen molar-refractivity contribution in [2.45, 2.75) is 37.9 Å². The number of rotatable bonds is 5. The number of nitrogens with one attached hydrogen (secondary N) is 2. The van der Waals surface area contributed by atoms with Gasteiger partial charge in [0.15, 0.2) is 15.8 Å². The Kier molecular flexibility index (Phi) is 8.15. The smallest absolute Gasteiger partial charge is 0.191 e. The van der Waals surface area contributed by atoms with Crippen molar-refractivity contribution in [2.75, 3.05) is 31.6 Å². The van der Waals surface area contributed by atoms with Crippen LogP contribution < -0.4 is 10.6 Å². The molecule has 2 atom stereocenters. The normalized spacial score (nSPS) is 25.7. The lowest BCUT2D eigenvalue weighted by Gasteiger charge is -2.26. The van der Waals surface area contributed by atoms with Gasteiger partial charge in [-0.1, -0.05) is 30.3 Å². The van der Waals surface area contributed by atoms with E-state index in [1.54, 1.807) is 7.05 Å². The van der Waals surface area contributed by atoms with Crippen LogP contribution in [0.15, 0.2) is 35.3 Å². The molecule has 0 spiro atoms. The maximum absolute atomic E-state index is 11.6. The molecule has 0 saturated carbocycles. The van der Waals surface area contributed by atoms with Gasteiger partial charge in [-0.3, -0.25) is 9.89 Å². The molecule has 0 aromatic heterocycles. The van der Waals surface area contributed by atoms with Crippen LogP contribution in [0, 0.1) is 0 Å². The molecule has 2 aliphatic rings. The molecule has 3 rings (SSSR count). The summed E-state index contributed by atoms with van der Waals surface area (Å²) < 4.78 is 23.2. The van der Waals surface area contributed by atoms with Crippen LogP contribution in [0.5, 0.6) is 0 Å². The molecule has 8 heteroatoms. The van der Waals surface area contributed by atoms with Crippen LogP contribution in [0.3, 0.4) is 0 Å². The molecule has 0 bridgehead atoms. The molecule has 0 radical (unpaired) electrons. The predicted molar refractivity (Wildman–Crippen MR) is 117 cm³/mol. The van der Waals surface area contributed by atoms with Crippen molar-refractivity contribution in [2.24, 2.45) is 4.99 Å². The standard InChI is InChI=1S/C18H28N4O2S.HI/c1-19-18(21-16-9-11-25(23,24)14-16)20-12-17-8-5-10-22(17)13-15-6-3-2-4-7-15;/h2-4,6-7,16-17H,5,8-14H2,1H3,(H2,19,20,21);1H. The fraction of sp³-hybridized carbons (Fsp3) is 0.611. The highest BCUT2D eigenvalue weighted by Crippen LogP contribution is 2.19. The van der Waals surface area contributed by atoms with Gasteiger partial charge in [0, 0.05) is 32.2 Å². The van der Waals surface area contributed by atoms with Crippen molar-refractivity contribution in [3.63, 3.8) is 0 Å². The summed E-state index contributed by atoms with van der Waals surface area (Å²) in [6.45, 7) is 2.92. The number of benzene rings is 1. The second-order valence-electron chi connectivity index (χ2n) is 6.95. The minimum atomic E-state index is -2.88. The van der Waals surface area contributed by atoms with Gasteiger partial charge < -0.3 is 10.6 Å². The summed E-state index contributed by atoms with van der Waals surface area (Å²) in [4.78, 5) is 6.76. The molecule has 2 saturated heterocycles. The fourth-order valence-corrected chi connectivity index (χ4v) is 5.34. The molecule has 2 N–H and O–H groups in total. The average molecular weight is 492 g/mol. The Bertz CT molecular complexity index is 696. The van der Waals surface area contributed by atoms with Crippen molar-refractivity contribution >= 4 is 39.8 Å². The highest BCUT2D eigenvalue weighted by Gasteiger charge is 2.29. The number of aliphatic imine (C=N–C) groups is 1. The van der Waals surface area contributed by atoms with Crippen molar-refractivity contribution in [1.29, 1.82) is 0 Å². The minimum absolute atomic E-state index is 0. The molecule has 146 valence electrons. The molecule has 1 aromatic rings. The molecule has 2 unspecified atom stereocenters. The summed E-state index contributed by atoms with van der Waals surface area (Å²) in [6, 6.07) is 11.0. The van der Waals surface area contributed by atoms with Gasteiger partial charge in [-0.25, -0.2) is 8.42 Å². The van der Waals surface area contributed by atoms with Crippen molar-refractivity contribution in [1.82, 2.24) is 15.5 Å². The Morgan fingerprint density at radius 1 is 1.27 bits per heavy atom. The van der Waals surface area contributed by atoms with E-state index in [4.69, 9.17) is 0 Å². The van der Waals surface area contributed by atoms with Gasteiger partial charge in [0.25, 0.3) is 0 Å². The average Bonchev–Trinajstić information content (AvgIpc) is 3.18. The van der Waals surface area contributed by atoms with Gasteiger partial charge in [-0.2, -0.15) is 0 Å². The van der Waals surface area contributed by atoms with E-state index in [2.05, 4.69) is 44.8 Å². The summed E-state index contributed by atoms with van der Waals surface area (Å²) in [5.41, 5.74) is 1.34. The summed E-state index contributed by atoms with van der Waals surface area (Å²) in [5.74, 6) is 1.18. The number of hydrogen-bond donors (Lipinski definition) is 2. The Morgan fingerprint density at radius 3 is 2.69 bits per heavy atom. The largest absolute Gasteiger partial charge is 0.355 e. The van der Waals surface area contributed by atoms with Crippen LogP contribution in [-0.4, -0.2) is 63.0 Å². The Hall–Kier alpha value is -0.870. The molecule has 1 aromatic carbocycles. The predicted octanol–water partition coefficient (Wildman–Crippen LogP) is 1.62. The van der Waals surface area contributed by atoms with Gasteiger partial charge in [-0.05, 0) is 31.4 Å². The molecule has 0 amide bonds. The summed E-state index contributed by atoms with van der Waals surface area (Å²) >= 11 is 0. The third-order valence-electron chi connectivity index (χ3n) is 5.03. The van der Waals surface area contributed by atoms with Crippen LogP contribution >= 0.6 is 24.0 Å². The zero-order valence-corrected chi connectivity index (χ0v) is 18.4. The lowest BCUT2D eigenvalue weighted by atomic mass is 10.2. The summed E-state index contributed by atoms with van der Waals surface area (Å²) in [7, 11) is -1.15. The first kappa shape index (κ1) is 21.4. The minimum Gasteiger partial charge on any atom is -0.355 e. The third-order valence-corrected chi connectivity index (χ3v) is 6.80. The molecular weight excluding hydrogens is 463 g/mol. The number of halogens is 1. The van der Waals surface area contributed by atoms with Gasteiger partial charge in [0.2, 0.25) is 0 Å². The number of sulfone groups is 1. The zero-order valence-electron chi connectivity index (χ0n) is 15.2. The molecular formula is C18H29IN4O2S. The monoisotopic (exact) mass is 492 g/mol. The second kappa shape index (κ2) is 9.89.